The molecule has 2 rings (SSSR count). The van der Waals surface area contributed by atoms with Gasteiger partial charge in [-0.1, -0.05) is 6.07 Å². The number of nitrogens with two attached hydrogens (primary N) is 1. The van der Waals surface area contributed by atoms with Crippen molar-refractivity contribution in [2.24, 2.45) is 5.73 Å². The highest BCUT2D eigenvalue weighted by Crippen LogP contribution is 2.16. The summed E-state index contributed by atoms with van der Waals surface area (Å²) in [6, 6.07) is 7.14. The number of carbonyl (C=O) groups is 2. The van der Waals surface area contributed by atoms with E-state index in [1.807, 2.05) is 23.6 Å². The third-order valence-corrected chi connectivity index (χ3v) is 4.46. The van der Waals surface area contributed by atoms with Crippen molar-refractivity contribution >= 4 is 41.7 Å². The summed E-state index contributed by atoms with van der Waals surface area (Å²) in [5.74, 6) is 1.93. The van der Waals surface area contributed by atoms with Gasteiger partial charge in [0.2, 0.25) is 5.91 Å². The number of benzene rings is 1. The molecular formula is C16H24ClN3O2S. The largest absolute Gasteiger partial charge is 0.337 e. The van der Waals surface area contributed by atoms with Crippen LogP contribution in [0.2, 0.25) is 0 Å². The lowest BCUT2D eigenvalue weighted by molar-refractivity contribution is -0.116. The van der Waals surface area contributed by atoms with E-state index in [4.69, 9.17) is 5.73 Å². The average molecular weight is 358 g/mol. The molecule has 5 nitrogen and oxygen atoms in total. The van der Waals surface area contributed by atoms with Gasteiger partial charge in [0.05, 0.1) is 0 Å². The number of carbonyl (C=O) groups excluding carboxylic acids is 2. The van der Waals surface area contributed by atoms with Crippen LogP contribution < -0.4 is 11.1 Å². The number of amides is 2. The molecule has 0 radical (unpaired) electrons. The van der Waals surface area contributed by atoms with Crippen LogP contribution in [-0.4, -0.2) is 47.4 Å². The number of rotatable bonds is 5. The number of hydrogen-bond donors (Lipinski definition) is 2. The molecule has 2 amide bonds. The van der Waals surface area contributed by atoms with E-state index in [0.717, 1.165) is 24.6 Å². The van der Waals surface area contributed by atoms with E-state index >= 15 is 0 Å². The van der Waals surface area contributed by atoms with Gasteiger partial charge in [-0.15, -0.1) is 12.4 Å². The van der Waals surface area contributed by atoms with Crippen molar-refractivity contribution in [2.75, 3.05) is 29.9 Å². The van der Waals surface area contributed by atoms with Gasteiger partial charge in [0.1, 0.15) is 0 Å². The van der Waals surface area contributed by atoms with Gasteiger partial charge in [-0.25, -0.2) is 0 Å². The van der Waals surface area contributed by atoms with Crippen molar-refractivity contribution in [1.29, 1.82) is 0 Å². The summed E-state index contributed by atoms with van der Waals surface area (Å²) >= 11 is 1.87. The first kappa shape index (κ1) is 19.8. The number of thioether (sulfide) groups is 1. The number of hydrogen-bond acceptors (Lipinski definition) is 4. The molecule has 1 aliphatic heterocycles. The Morgan fingerprint density at radius 2 is 2.04 bits per heavy atom. The summed E-state index contributed by atoms with van der Waals surface area (Å²) in [7, 11) is 0. The van der Waals surface area contributed by atoms with Crippen molar-refractivity contribution in [2.45, 2.75) is 25.8 Å². The van der Waals surface area contributed by atoms with E-state index in [-0.39, 0.29) is 30.3 Å². The third kappa shape index (κ3) is 6.41. The molecule has 3 N–H and O–H groups in total. The molecule has 1 unspecified atom stereocenters. The number of halogens is 1. The molecule has 1 atom stereocenters. The molecule has 0 spiro atoms. The van der Waals surface area contributed by atoms with E-state index in [9.17, 15) is 9.59 Å². The minimum atomic E-state index is -0.0729. The smallest absolute Gasteiger partial charge is 0.253 e. The molecule has 0 aliphatic carbocycles. The first-order valence-corrected chi connectivity index (χ1v) is 8.74. The maximum Gasteiger partial charge on any atom is 0.253 e. The fourth-order valence-electron chi connectivity index (χ4n) is 2.26. The summed E-state index contributed by atoms with van der Waals surface area (Å²) in [6.07, 6.45) is 1.04. The Hall–Kier alpha value is -1.24. The van der Waals surface area contributed by atoms with Crippen LogP contribution in [0.1, 0.15) is 30.1 Å². The normalized spacial score (nSPS) is 15.5. The van der Waals surface area contributed by atoms with Gasteiger partial charge >= 0.3 is 0 Å². The molecule has 0 saturated carbocycles. The quantitative estimate of drug-likeness (QED) is 0.848. The molecule has 1 aromatic carbocycles. The second-order valence-corrected chi connectivity index (χ2v) is 6.77. The first-order chi connectivity index (χ1) is 10.6. The van der Waals surface area contributed by atoms with Crippen LogP contribution in [0.4, 0.5) is 5.69 Å². The topological polar surface area (TPSA) is 75.4 Å². The molecule has 1 heterocycles. The number of anilines is 1. The fraction of sp³-hybridized carbons (Fsp3) is 0.500. The Bertz CT molecular complexity index is 534. The van der Waals surface area contributed by atoms with Gasteiger partial charge in [0.15, 0.2) is 0 Å². The second-order valence-electron chi connectivity index (χ2n) is 5.55. The SMILES string of the molecule is CC(N)CCC(=O)Nc1cccc(C(=O)N2CCSCC2)c1.Cl. The number of nitrogens with zero attached hydrogens (tertiary/aromatic N) is 1. The van der Waals surface area contributed by atoms with Gasteiger partial charge in [0.25, 0.3) is 5.91 Å². The van der Waals surface area contributed by atoms with E-state index in [2.05, 4.69) is 5.32 Å². The molecule has 23 heavy (non-hydrogen) atoms. The molecule has 1 saturated heterocycles. The second kappa shape index (κ2) is 9.80. The minimum absolute atomic E-state index is 0. The highest BCUT2D eigenvalue weighted by atomic mass is 35.5. The molecule has 1 aromatic rings. The highest BCUT2D eigenvalue weighted by molar-refractivity contribution is 7.99. The lowest BCUT2D eigenvalue weighted by atomic mass is 10.1. The summed E-state index contributed by atoms with van der Waals surface area (Å²) in [4.78, 5) is 26.1. The van der Waals surface area contributed by atoms with Crippen molar-refractivity contribution in [3.63, 3.8) is 0 Å². The van der Waals surface area contributed by atoms with Crippen molar-refractivity contribution in [3.8, 4) is 0 Å². The zero-order valence-electron chi connectivity index (χ0n) is 13.3. The molecule has 0 bridgehead atoms. The van der Waals surface area contributed by atoms with Crippen LogP contribution in [0.5, 0.6) is 0 Å². The van der Waals surface area contributed by atoms with Crippen LogP contribution in [-0.2, 0) is 4.79 Å². The molecule has 7 heteroatoms. The van der Waals surface area contributed by atoms with Crippen LogP contribution in [0.3, 0.4) is 0 Å². The summed E-state index contributed by atoms with van der Waals surface area (Å²) in [5.41, 5.74) is 6.93. The van der Waals surface area contributed by atoms with Crippen LogP contribution >= 0.6 is 24.2 Å². The lowest BCUT2D eigenvalue weighted by Gasteiger charge is -2.26. The first-order valence-electron chi connectivity index (χ1n) is 7.59. The van der Waals surface area contributed by atoms with Crippen molar-refractivity contribution in [3.05, 3.63) is 29.8 Å². The van der Waals surface area contributed by atoms with E-state index in [1.165, 1.54) is 0 Å². The maximum atomic E-state index is 12.4. The van der Waals surface area contributed by atoms with Crippen LogP contribution in [0.25, 0.3) is 0 Å². The standard InChI is InChI=1S/C16H23N3O2S.ClH/c1-12(17)5-6-15(20)18-14-4-2-3-13(11-14)16(21)19-7-9-22-10-8-19;/h2-4,11-12H,5-10,17H2,1H3,(H,18,20);1H. The summed E-state index contributed by atoms with van der Waals surface area (Å²) in [6.45, 7) is 3.45. The van der Waals surface area contributed by atoms with Crippen molar-refractivity contribution < 1.29 is 9.59 Å². The monoisotopic (exact) mass is 357 g/mol. The summed E-state index contributed by atoms with van der Waals surface area (Å²) < 4.78 is 0. The zero-order valence-corrected chi connectivity index (χ0v) is 14.9. The van der Waals surface area contributed by atoms with Crippen LogP contribution in [0.15, 0.2) is 24.3 Å². The van der Waals surface area contributed by atoms with Gasteiger partial charge < -0.3 is 16.0 Å². The molecule has 1 fully saturated rings. The Balaban J connectivity index is 0.00000264. The van der Waals surface area contributed by atoms with Gasteiger partial charge in [-0.05, 0) is 31.5 Å². The van der Waals surface area contributed by atoms with E-state index in [0.29, 0.717) is 24.1 Å². The molecule has 1 aliphatic rings. The Morgan fingerprint density at radius 1 is 1.35 bits per heavy atom. The molecular weight excluding hydrogens is 334 g/mol. The van der Waals surface area contributed by atoms with Crippen LogP contribution in [0, 0.1) is 0 Å². The van der Waals surface area contributed by atoms with Gasteiger partial charge in [-0.2, -0.15) is 11.8 Å². The number of nitrogens with one attached hydrogen (secondary N) is 1. The Morgan fingerprint density at radius 3 is 2.70 bits per heavy atom. The summed E-state index contributed by atoms with van der Waals surface area (Å²) in [5, 5.41) is 2.83. The Kier molecular flexibility index (Phi) is 8.44. The molecule has 0 aromatic heterocycles. The third-order valence-electron chi connectivity index (χ3n) is 3.52. The van der Waals surface area contributed by atoms with Crippen molar-refractivity contribution in [1.82, 2.24) is 4.90 Å². The van der Waals surface area contributed by atoms with E-state index < -0.39 is 0 Å². The maximum absolute atomic E-state index is 12.4. The predicted molar refractivity (Wildman–Crippen MR) is 98.4 cm³/mol. The van der Waals surface area contributed by atoms with E-state index in [1.54, 1.807) is 24.3 Å². The Labute approximate surface area is 147 Å². The van der Waals surface area contributed by atoms with Gasteiger partial charge in [-0.3, -0.25) is 9.59 Å². The zero-order chi connectivity index (χ0) is 15.9. The minimum Gasteiger partial charge on any atom is -0.337 e. The average Bonchev–Trinajstić information content (AvgIpc) is 2.53. The highest BCUT2D eigenvalue weighted by Gasteiger charge is 2.18. The van der Waals surface area contributed by atoms with Gasteiger partial charge in [0, 0.05) is 48.3 Å². The predicted octanol–water partition coefficient (Wildman–Crippen LogP) is 2.36. The fourth-order valence-corrected chi connectivity index (χ4v) is 3.16. The lowest BCUT2D eigenvalue weighted by Crippen LogP contribution is -2.37. The molecule has 128 valence electrons.